The molecule has 0 aliphatic carbocycles. The molecule has 0 saturated carbocycles. The molecule has 0 aliphatic rings. The third-order valence-corrected chi connectivity index (χ3v) is 2.58. The van der Waals surface area contributed by atoms with Crippen LogP contribution < -0.4 is 5.32 Å². The lowest BCUT2D eigenvalue weighted by Crippen LogP contribution is -2.31. The number of amides is 1. The average Bonchev–Trinajstić information content (AvgIpc) is 2.81. The fourth-order valence-corrected chi connectivity index (χ4v) is 1.58. The largest absolute Gasteiger partial charge is 0.468 e. The van der Waals surface area contributed by atoms with Crippen LogP contribution in [0.5, 0.6) is 0 Å². The summed E-state index contributed by atoms with van der Waals surface area (Å²) in [4.78, 5) is 16.3. The molecule has 0 radical (unpaired) electrons. The number of amidine groups is 1. The summed E-state index contributed by atoms with van der Waals surface area (Å²) in [6.45, 7) is 0.937. The fourth-order valence-electron chi connectivity index (χ4n) is 0.960. The molecule has 0 saturated heterocycles. The van der Waals surface area contributed by atoms with Gasteiger partial charge in [0.2, 0.25) is 0 Å². The van der Waals surface area contributed by atoms with E-state index in [9.17, 15) is 4.79 Å². The Morgan fingerprint density at radius 2 is 2.38 bits per heavy atom. The number of carbonyl (C=O) groups excluding carboxylic acids is 1. The summed E-state index contributed by atoms with van der Waals surface area (Å²) in [5, 5.41) is 4.41. The standard InChI is InChI=1S/C10H14N2O3S/c1-14-6-5-11-10(15-2)12-9(13)8-4-3-7-16-8/h3-4,7H,5-6H2,1-2H3,(H,11,12,13). The third kappa shape index (κ3) is 4.00. The molecule has 0 unspecified atom stereocenters. The first-order chi connectivity index (χ1) is 7.77. The molecule has 0 atom stereocenters. The highest BCUT2D eigenvalue weighted by molar-refractivity contribution is 7.12. The van der Waals surface area contributed by atoms with Crippen molar-refractivity contribution in [1.29, 1.82) is 0 Å². The Hall–Kier alpha value is -1.40. The van der Waals surface area contributed by atoms with Crippen LogP contribution in [0.4, 0.5) is 0 Å². The van der Waals surface area contributed by atoms with Gasteiger partial charge in [-0.25, -0.2) is 4.99 Å². The van der Waals surface area contributed by atoms with Gasteiger partial charge in [0.15, 0.2) is 0 Å². The Morgan fingerprint density at radius 3 is 2.94 bits per heavy atom. The number of hydrogen-bond donors (Lipinski definition) is 1. The number of nitrogens with zero attached hydrogens (tertiary/aromatic N) is 1. The summed E-state index contributed by atoms with van der Waals surface area (Å²) in [5.74, 6) is -0.215. The third-order valence-electron chi connectivity index (χ3n) is 1.71. The monoisotopic (exact) mass is 242 g/mol. The molecule has 0 aliphatic heterocycles. The van der Waals surface area contributed by atoms with Crippen LogP contribution in [0.3, 0.4) is 0 Å². The molecule has 1 N–H and O–H groups in total. The first-order valence-electron chi connectivity index (χ1n) is 4.70. The van der Waals surface area contributed by atoms with Crippen LogP contribution in [0.25, 0.3) is 0 Å². The average molecular weight is 242 g/mol. The van der Waals surface area contributed by atoms with Crippen LogP contribution in [0, 0.1) is 0 Å². The highest BCUT2D eigenvalue weighted by Crippen LogP contribution is 2.07. The Balaban J connectivity index is 2.50. The van der Waals surface area contributed by atoms with Crippen molar-refractivity contribution in [3.8, 4) is 0 Å². The van der Waals surface area contributed by atoms with Crippen molar-refractivity contribution in [3.63, 3.8) is 0 Å². The number of thiophene rings is 1. The van der Waals surface area contributed by atoms with Crippen LogP contribution >= 0.6 is 11.3 Å². The summed E-state index contributed by atoms with van der Waals surface area (Å²) in [6, 6.07) is 3.76. The first-order valence-corrected chi connectivity index (χ1v) is 5.58. The van der Waals surface area contributed by atoms with E-state index >= 15 is 0 Å². The van der Waals surface area contributed by atoms with Gasteiger partial charge in [0.1, 0.15) is 0 Å². The lowest BCUT2D eigenvalue weighted by Gasteiger charge is -2.05. The molecule has 1 aromatic heterocycles. The quantitative estimate of drug-likeness (QED) is 0.489. The Labute approximate surface area is 98.1 Å². The Morgan fingerprint density at radius 1 is 1.56 bits per heavy atom. The summed E-state index contributed by atoms with van der Waals surface area (Å²) in [5.41, 5.74) is 0. The molecule has 88 valence electrons. The molecule has 1 rings (SSSR count). The van der Waals surface area contributed by atoms with Crippen molar-refractivity contribution in [2.75, 3.05) is 27.4 Å². The van der Waals surface area contributed by atoms with Crippen LogP contribution in [0.2, 0.25) is 0 Å². The van der Waals surface area contributed by atoms with Crippen LogP contribution in [-0.4, -0.2) is 39.3 Å². The van der Waals surface area contributed by atoms with E-state index in [1.807, 2.05) is 11.4 Å². The minimum atomic E-state index is -0.215. The molecule has 0 bridgehead atoms. The van der Waals surface area contributed by atoms with Gasteiger partial charge >= 0.3 is 0 Å². The second-order valence-electron chi connectivity index (χ2n) is 2.82. The van der Waals surface area contributed by atoms with Gasteiger partial charge in [-0.15, -0.1) is 11.3 Å². The molecule has 1 amide bonds. The van der Waals surface area contributed by atoms with Gasteiger partial charge in [0.05, 0.1) is 25.1 Å². The predicted molar refractivity (Wildman–Crippen MR) is 63.0 cm³/mol. The summed E-state index contributed by atoms with van der Waals surface area (Å²) in [7, 11) is 3.05. The lowest BCUT2D eigenvalue weighted by atomic mass is 10.4. The fraction of sp³-hybridized carbons (Fsp3) is 0.400. The Kier molecular flexibility index (Phi) is 5.52. The van der Waals surface area contributed by atoms with Gasteiger partial charge < -0.3 is 9.47 Å². The van der Waals surface area contributed by atoms with Gasteiger partial charge in [0.25, 0.3) is 11.9 Å². The highest BCUT2D eigenvalue weighted by Gasteiger charge is 2.09. The van der Waals surface area contributed by atoms with Gasteiger partial charge in [-0.1, -0.05) is 6.07 Å². The maximum absolute atomic E-state index is 11.6. The lowest BCUT2D eigenvalue weighted by molar-refractivity contribution is 0.0972. The first kappa shape index (κ1) is 12.7. The zero-order valence-electron chi connectivity index (χ0n) is 9.23. The van der Waals surface area contributed by atoms with Gasteiger partial charge in [0, 0.05) is 7.11 Å². The molecule has 1 aromatic rings. The summed E-state index contributed by atoms with van der Waals surface area (Å²) >= 11 is 1.36. The Bertz CT molecular complexity index is 349. The van der Waals surface area contributed by atoms with Gasteiger partial charge in [-0.3, -0.25) is 10.1 Å². The van der Waals surface area contributed by atoms with Crippen molar-refractivity contribution in [1.82, 2.24) is 5.32 Å². The minimum absolute atomic E-state index is 0.204. The van der Waals surface area contributed by atoms with Crippen molar-refractivity contribution in [2.24, 2.45) is 4.99 Å². The van der Waals surface area contributed by atoms with Crippen molar-refractivity contribution < 1.29 is 14.3 Å². The zero-order valence-corrected chi connectivity index (χ0v) is 10.0. The molecule has 0 aromatic carbocycles. The SMILES string of the molecule is COCCN=C(NC(=O)c1cccs1)OC. The van der Waals surface area contributed by atoms with E-state index in [4.69, 9.17) is 9.47 Å². The van der Waals surface area contributed by atoms with E-state index in [-0.39, 0.29) is 11.9 Å². The van der Waals surface area contributed by atoms with E-state index in [0.29, 0.717) is 18.0 Å². The van der Waals surface area contributed by atoms with Gasteiger partial charge in [-0.05, 0) is 11.4 Å². The van der Waals surface area contributed by atoms with Crippen LogP contribution in [0.1, 0.15) is 9.67 Å². The van der Waals surface area contributed by atoms with E-state index in [2.05, 4.69) is 10.3 Å². The number of nitrogens with one attached hydrogen (secondary N) is 1. The topological polar surface area (TPSA) is 59.9 Å². The maximum Gasteiger partial charge on any atom is 0.291 e. The molecular weight excluding hydrogens is 228 g/mol. The van der Waals surface area contributed by atoms with Crippen molar-refractivity contribution in [2.45, 2.75) is 0 Å². The minimum Gasteiger partial charge on any atom is -0.468 e. The summed E-state index contributed by atoms with van der Waals surface area (Å²) < 4.78 is 9.77. The molecular formula is C10H14N2O3S. The zero-order chi connectivity index (χ0) is 11.8. The number of rotatable bonds is 4. The smallest absolute Gasteiger partial charge is 0.291 e. The molecule has 5 nitrogen and oxygen atoms in total. The van der Waals surface area contributed by atoms with E-state index in [1.54, 1.807) is 13.2 Å². The van der Waals surface area contributed by atoms with Crippen LogP contribution in [-0.2, 0) is 9.47 Å². The predicted octanol–water partition coefficient (Wildman–Crippen LogP) is 1.13. The number of aliphatic imine (C=N–C) groups is 1. The molecule has 1 heterocycles. The molecule has 16 heavy (non-hydrogen) atoms. The summed E-state index contributed by atoms with van der Waals surface area (Å²) in [6.07, 6.45) is 0. The van der Waals surface area contributed by atoms with Gasteiger partial charge in [-0.2, -0.15) is 0 Å². The number of hydrogen-bond acceptors (Lipinski definition) is 5. The number of ether oxygens (including phenoxy) is 2. The number of methoxy groups -OCH3 is 2. The van der Waals surface area contributed by atoms with Crippen molar-refractivity contribution in [3.05, 3.63) is 22.4 Å². The van der Waals surface area contributed by atoms with Crippen molar-refractivity contribution >= 4 is 23.3 Å². The second kappa shape index (κ2) is 6.97. The maximum atomic E-state index is 11.6. The molecule has 0 fully saturated rings. The van der Waals surface area contributed by atoms with E-state index < -0.39 is 0 Å². The molecule has 0 spiro atoms. The second-order valence-corrected chi connectivity index (χ2v) is 3.76. The van der Waals surface area contributed by atoms with E-state index in [1.165, 1.54) is 18.4 Å². The highest BCUT2D eigenvalue weighted by atomic mass is 32.1. The number of carbonyl (C=O) groups is 1. The van der Waals surface area contributed by atoms with Crippen LogP contribution in [0.15, 0.2) is 22.5 Å². The molecule has 6 heteroatoms. The normalized spacial score (nSPS) is 11.2. The van der Waals surface area contributed by atoms with E-state index in [0.717, 1.165) is 0 Å².